The first-order valence-electron chi connectivity index (χ1n) is 30.0. The van der Waals surface area contributed by atoms with Gasteiger partial charge < -0.3 is 14.5 Å². The summed E-state index contributed by atoms with van der Waals surface area (Å²) >= 11 is 0. The second-order valence-electron chi connectivity index (χ2n) is 26.5. The highest BCUT2D eigenvalue weighted by Gasteiger charge is 2.49. The van der Waals surface area contributed by atoms with E-state index in [2.05, 4.69) is 320 Å². The number of anilines is 4. The maximum Gasteiger partial charge on any atom is 0.180 e. The summed E-state index contributed by atoms with van der Waals surface area (Å²) < 4.78 is 9.85. The smallest absolute Gasteiger partial charge is 0.180 e. The molecule has 418 valence electrons. The van der Waals surface area contributed by atoms with Crippen molar-refractivity contribution in [3.63, 3.8) is 0 Å². The van der Waals surface area contributed by atoms with Gasteiger partial charge >= 0.3 is 0 Å². The molecule has 10 aromatic carbocycles. The van der Waals surface area contributed by atoms with Crippen molar-refractivity contribution in [2.75, 3.05) is 16.5 Å². The molecule has 2 aliphatic rings. The van der Waals surface area contributed by atoms with Crippen LogP contribution in [-0.2, 0) is 16.2 Å². The van der Waals surface area contributed by atoms with Gasteiger partial charge in [-0.15, -0.1) is 0 Å². The number of para-hydroxylation sites is 2. The zero-order valence-electron chi connectivity index (χ0n) is 50.5. The summed E-state index contributed by atoms with van der Waals surface area (Å²) in [5.41, 5.74) is 18.6. The topological polar surface area (TPSA) is 33.5 Å². The van der Waals surface area contributed by atoms with Gasteiger partial charge in [0, 0.05) is 51.5 Å². The van der Waals surface area contributed by atoms with Gasteiger partial charge in [0.1, 0.15) is 24.0 Å². The van der Waals surface area contributed by atoms with Crippen molar-refractivity contribution in [3.05, 3.63) is 265 Å². The second-order valence-corrected chi connectivity index (χ2v) is 30.2. The lowest BCUT2D eigenvalue weighted by molar-refractivity contribution is 0.456. The standard InChI is InChI=1S/C79H72N4OSi/c1-52-44-62(53-26-14-11-15-27-53)76(63(45-52)54-28-24-29-55(46-54)77(2,3)4)82-51-81(66-37-21-22-38-67(66)82)57-30-25-31-58(48-57)84-70-50-69-64(49-65(70)79(8,9)10)74-68(83(69)73-47-56(42-43-80-73)78(5,6)7)40-41-72-75(74)61-36-20-23-39-71(61)85(72,59-32-16-12-17-33-59)60-34-18-13-19-35-60/h11-50H,51H2,1-10H3. The molecular weight excluding hydrogens is 1050 g/mol. The number of pyridine rings is 1. The maximum absolute atomic E-state index is 7.44. The summed E-state index contributed by atoms with van der Waals surface area (Å²) in [5.74, 6) is 2.47. The first-order chi connectivity index (χ1) is 41.0. The van der Waals surface area contributed by atoms with Gasteiger partial charge in [-0.3, -0.25) is 4.57 Å². The van der Waals surface area contributed by atoms with Crippen LogP contribution in [0.4, 0.5) is 22.7 Å². The van der Waals surface area contributed by atoms with Gasteiger partial charge in [-0.05, 0) is 144 Å². The molecule has 0 atom stereocenters. The Morgan fingerprint density at radius 2 is 1.06 bits per heavy atom. The molecule has 0 unspecified atom stereocenters. The number of rotatable bonds is 9. The minimum absolute atomic E-state index is 0.00683. The number of fused-ring (bicyclic) bond motifs is 8. The van der Waals surface area contributed by atoms with E-state index in [9.17, 15) is 0 Å². The molecule has 4 heterocycles. The Labute approximate surface area is 502 Å². The van der Waals surface area contributed by atoms with E-state index < -0.39 is 8.07 Å². The molecule has 0 N–H and O–H groups in total. The molecule has 85 heavy (non-hydrogen) atoms. The summed E-state index contributed by atoms with van der Waals surface area (Å²) in [5, 5.41) is 8.03. The fourth-order valence-electron chi connectivity index (χ4n) is 13.7. The van der Waals surface area contributed by atoms with Crippen LogP contribution in [0.1, 0.15) is 84.6 Å². The zero-order chi connectivity index (χ0) is 58.6. The van der Waals surface area contributed by atoms with E-state index in [0.29, 0.717) is 6.67 Å². The minimum atomic E-state index is -2.81. The second kappa shape index (κ2) is 20.2. The Kier molecular flexibility index (Phi) is 12.8. The number of hydrogen-bond donors (Lipinski definition) is 0. The van der Waals surface area contributed by atoms with Crippen molar-refractivity contribution in [1.29, 1.82) is 0 Å². The SMILES string of the molecule is Cc1cc(-c2ccccc2)c(N2CN(c3cccc(Oc4cc5c(cc4C(C)(C)C)c4c6c(ccc4n5-c4cc(C(C)(C)C)ccn4)[Si](c4ccccc4)(c4ccccc4)c4ccccc4-6)c3)c3ccccc32)c(-c2cccc(C(C)(C)C)c2)c1. The minimum Gasteiger partial charge on any atom is -0.457 e. The zero-order valence-corrected chi connectivity index (χ0v) is 51.5. The largest absolute Gasteiger partial charge is 0.457 e. The van der Waals surface area contributed by atoms with Gasteiger partial charge in [0.15, 0.2) is 8.07 Å². The Hall–Kier alpha value is -9.23. The Morgan fingerprint density at radius 1 is 0.459 bits per heavy atom. The molecule has 0 fully saturated rings. The van der Waals surface area contributed by atoms with E-state index >= 15 is 0 Å². The molecule has 0 bridgehead atoms. The first-order valence-corrected chi connectivity index (χ1v) is 32.0. The van der Waals surface area contributed by atoms with Crippen LogP contribution in [0, 0.1) is 6.92 Å². The van der Waals surface area contributed by atoms with Crippen molar-refractivity contribution < 1.29 is 4.74 Å². The normalized spacial score (nSPS) is 13.8. The van der Waals surface area contributed by atoms with Gasteiger partial charge in [-0.25, -0.2) is 4.98 Å². The fraction of sp³-hybridized carbons (Fsp3) is 0.177. The van der Waals surface area contributed by atoms with Crippen molar-refractivity contribution in [1.82, 2.24) is 9.55 Å². The summed E-state index contributed by atoms with van der Waals surface area (Å²) in [6, 6.07) is 88.3. The number of nitrogens with zero attached hydrogens (tertiary/aromatic N) is 4. The lowest BCUT2D eigenvalue weighted by Gasteiger charge is -2.31. The van der Waals surface area contributed by atoms with E-state index in [0.717, 1.165) is 51.0 Å². The molecule has 12 aromatic rings. The van der Waals surface area contributed by atoms with Gasteiger partial charge in [-0.2, -0.15) is 0 Å². The lowest BCUT2D eigenvalue weighted by atomic mass is 9.84. The average Bonchev–Trinajstić information content (AvgIpc) is 1.58. The van der Waals surface area contributed by atoms with E-state index in [4.69, 9.17) is 9.72 Å². The van der Waals surface area contributed by atoms with Crippen LogP contribution in [-0.4, -0.2) is 24.3 Å². The average molecular weight is 1120 g/mol. The van der Waals surface area contributed by atoms with Gasteiger partial charge in [0.2, 0.25) is 0 Å². The van der Waals surface area contributed by atoms with Crippen LogP contribution >= 0.6 is 0 Å². The van der Waals surface area contributed by atoms with Crippen molar-refractivity contribution in [2.24, 2.45) is 0 Å². The summed E-state index contributed by atoms with van der Waals surface area (Å²) in [6.45, 7) is 23.5. The molecule has 14 rings (SSSR count). The highest BCUT2D eigenvalue weighted by atomic mass is 28.3. The molecule has 0 saturated carbocycles. The van der Waals surface area contributed by atoms with E-state index in [-0.39, 0.29) is 16.2 Å². The van der Waals surface area contributed by atoms with Gasteiger partial charge in [0.05, 0.1) is 28.1 Å². The van der Waals surface area contributed by atoms with Crippen molar-refractivity contribution in [3.8, 4) is 50.7 Å². The van der Waals surface area contributed by atoms with Crippen LogP contribution in [0.5, 0.6) is 11.5 Å². The molecule has 2 aliphatic heterocycles. The number of benzene rings is 10. The number of hydrogen-bond acceptors (Lipinski definition) is 4. The molecule has 0 radical (unpaired) electrons. The number of aromatic nitrogens is 2. The molecule has 6 heteroatoms. The summed E-state index contributed by atoms with van der Waals surface area (Å²) in [6.07, 6.45) is 1.98. The van der Waals surface area contributed by atoms with Crippen LogP contribution < -0.4 is 35.3 Å². The molecule has 0 saturated heterocycles. The van der Waals surface area contributed by atoms with E-state index in [1.165, 1.54) is 87.3 Å². The summed E-state index contributed by atoms with van der Waals surface area (Å²) in [4.78, 5) is 10.2. The Bertz CT molecular complexity index is 4520. The predicted molar refractivity (Wildman–Crippen MR) is 361 cm³/mol. The predicted octanol–water partition coefficient (Wildman–Crippen LogP) is 18.1. The van der Waals surface area contributed by atoms with E-state index in [1.807, 2.05) is 6.20 Å². The van der Waals surface area contributed by atoms with Crippen molar-refractivity contribution in [2.45, 2.75) is 85.5 Å². The van der Waals surface area contributed by atoms with Crippen LogP contribution in [0.25, 0.3) is 61.0 Å². The molecule has 0 spiro atoms. The number of aryl methyl sites for hydroxylation is 1. The molecular formula is C79H72N4OSi. The third kappa shape index (κ3) is 9.00. The quantitative estimate of drug-likeness (QED) is 0.135. The Morgan fingerprint density at radius 3 is 1.74 bits per heavy atom. The Balaban J connectivity index is 0.943. The van der Waals surface area contributed by atoms with E-state index in [1.54, 1.807) is 0 Å². The monoisotopic (exact) mass is 1120 g/mol. The van der Waals surface area contributed by atoms with Crippen LogP contribution in [0.2, 0.25) is 0 Å². The third-order valence-corrected chi connectivity index (χ3v) is 22.7. The fourth-order valence-corrected chi connectivity index (χ4v) is 18.9. The van der Waals surface area contributed by atoms with Crippen LogP contribution in [0.15, 0.2) is 243 Å². The molecule has 0 aliphatic carbocycles. The summed E-state index contributed by atoms with van der Waals surface area (Å²) in [7, 11) is -2.81. The molecule has 5 nitrogen and oxygen atoms in total. The number of ether oxygens (including phenoxy) is 1. The first kappa shape index (κ1) is 53.8. The van der Waals surface area contributed by atoms with Gasteiger partial charge in [0.25, 0.3) is 0 Å². The molecule has 0 amide bonds. The highest BCUT2D eigenvalue weighted by Crippen LogP contribution is 2.52. The maximum atomic E-state index is 7.44. The lowest BCUT2D eigenvalue weighted by Crippen LogP contribution is -2.72. The molecule has 2 aromatic heterocycles. The third-order valence-electron chi connectivity index (χ3n) is 17.9. The van der Waals surface area contributed by atoms with Crippen molar-refractivity contribution >= 4 is 73.4 Å². The van der Waals surface area contributed by atoms with Gasteiger partial charge in [-0.1, -0.05) is 226 Å². The highest BCUT2D eigenvalue weighted by molar-refractivity contribution is 7.22. The van der Waals surface area contributed by atoms with Crippen LogP contribution in [0.3, 0.4) is 0 Å².